The first-order chi connectivity index (χ1) is 13.5. The molecule has 0 aliphatic heterocycles. The van der Waals surface area contributed by atoms with Gasteiger partial charge >= 0.3 is 5.97 Å². The number of aromatic nitrogens is 2. The molecule has 0 aliphatic rings. The van der Waals surface area contributed by atoms with Gasteiger partial charge in [-0.15, -0.1) is 0 Å². The Kier molecular flexibility index (Phi) is 5.46. The Labute approximate surface area is 158 Å². The molecule has 0 spiro atoms. The number of esters is 1. The first kappa shape index (κ1) is 18.8. The molecular weight excluding hydrogens is 365 g/mol. The third-order valence-corrected chi connectivity index (χ3v) is 3.68. The Morgan fingerprint density at radius 2 is 2.04 bits per heavy atom. The van der Waals surface area contributed by atoms with E-state index in [4.69, 9.17) is 9.47 Å². The Hall–Kier alpha value is -3.99. The van der Waals surface area contributed by atoms with E-state index in [2.05, 4.69) is 4.98 Å². The molecule has 0 radical (unpaired) electrons. The molecule has 0 bridgehead atoms. The van der Waals surface area contributed by atoms with Crippen LogP contribution in [-0.4, -0.2) is 22.0 Å². The van der Waals surface area contributed by atoms with Crippen LogP contribution in [0.15, 0.2) is 59.0 Å². The number of hydrogen-bond donors (Lipinski definition) is 0. The predicted octanol–water partition coefficient (Wildman–Crippen LogP) is 3.10. The van der Waals surface area contributed by atoms with E-state index in [9.17, 15) is 19.2 Å². The second kappa shape index (κ2) is 8.14. The van der Waals surface area contributed by atoms with Gasteiger partial charge in [0.15, 0.2) is 11.6 Å². The van der Waals surface area contributed by atoms with Crippen LogP contribution in [0.5, 0.6) is 11.6 Å². The van der Waals surface area contributed by atoms with Crippen molar-refractivity contribution in [3.63, 3.8) is 0 Å². The molecule has 1 aromatic carbocycles. The predicted molar refractivity (Wildman–Crippen MR) is 98.2 cm³/mol. The fraction of sp³-hybridized carbons (Fsp3) is 0.100. The highest BCUT2D eigenvalue weighted by molar-refractivity contribution is 5.98. The summed E-state index contributed by atoms with van der Waals surface area (Å²) < 4.78 is 25.5. The number of halogens is 1. The van der Waals surface area contributed by atoms with Crippen LogP contribution in [-0.2, 0) is 9.53 Å². The number of benzene rings is 1. The first-order valence-corrected chi connectivity index (χ1v) is 8.27. The van der Waals surface area contributed by atoms with Gasteiger partial charge in [-0.1, -0.05) is 18.2 Å². The van der Waals surface area contributed by atoms with Crippen LogP contribution in [0.25, 0.3) is 11.7 Å². The molecule has 140 valence electrons. The van der Waals surface area contributed by atoms with Gasteiger partial charge in [-0.05, 0) is 37.3 Å². The van der Waals surface area contributed by atoms with Gasteiger partial charge in [0.2, 0.25) is 5.88 Å². The van der Waals surface area contributed by atoms with Crippen LogP contribution >= 0.6 is 0 Å². The second-order valence-electron chi connectivity index (χ2n) is 5.49. The standard InChI is InChI=1S/C20H14FN3O4/c1-2-27-20(26)13(12-22)11-14-18(28-16-8-4-3-7-15(16)21)23-17-9-5-6-10-24(17)19(14)25/h3-11H,2H2,1H3/b13-11+. The molecule has 0 unspecified atom stereocenters. The molecule has 0 N–H and O–H groups in total. The summed E-state index contributed by atoms with van der Waals surface area (Å²) >= 11 is 0. The van der Waals surface area contributed by atoms with E-state index in [1.54, 1.807) is 37.3 Å². The van der Waals surface area contributed by atoms with E-state index in [1.165, 1.54) is 28.8 Å². The zero-order valence-electron chi connectivity index (χ0n) is 14.8. The maximum absolute atomic E-state index is 14.0. The highest BCUT2D eigenvalue weighted by Crippen LogP contribution is 2.26. The number of nitriles is 1. The van der Waals surface area contributed by atoms with Crippen LogP contribution in [0.2, 0.25) is 0 Å². The number of pyridine rings is 1. The molecule has 2 aromatic heterocycles. The summed E-state index contributed by atoms with van der Waals surface area (Å²) in [5.41, 5.74) is -0.925. The Morgan fingerprint density at radius 1 is 1.29 bits per heavy atom. The van der Waals surface area contributed by atoms with Crippen molar-refractivity contribution in [2.75, 3.05) is 6.61 Å². The number of para-hydroxylation sites is 1. The van der Waals surface area contributed by atoms with Gasteiger partial charge in [-0.3, -0.25) is 9.20 Å². The lowest BCUT2D eigenvalue weighted by molar-refractivity contribution is -0.137. The number of ether oxygens (including phenoxy) is 2. The SMILES string of the molecule is CCOC(=O)/C(C#N)=C/c1c(Oc2ccccc2F)nc2ccccn2c1=O. The average Bonchev–Trinajstić information content (AvgIpc) is 2.70. The molecule has 8 heteroatoms. The van der Waals surface area contributed by atoms with Gasteiger partial charge in [0, 0.05) is 6.20 Å². The largest absolute Gasteiger partial charge is 0.462 e. The van der Waals surface area contributed by atoms with Crippen molar-refractivity contribution in [1.82, 2.24) is 9.38 Å². The van der Waals surface area contributed by atoms with Crippen LogP contribution in [0, 0.1) is 17.1 Å². The molecule has 0 saturated carbocycles. The van der Waals surface area contributed by atoms with Crippen molar-refractivity contribution in [2.24, 2.45) is 0 Å². The number of carbonyl (C=O) groups is 1. The van der Waals surface area contributed by atoms with Crippen LogP contribution < -0.4 is 10.3 Å². The molecule has 0 atom stereocenters. The summed E-state index contributed by atoms with van der Waals surface area (Å²) in [6.45, 7) is 1.65. The Balaban J connectivity index is 2.23. The van der Waals surface area contributed by atoms with E-state index < -0.39 is 22.9 Å². The highest BCUT2D eigenvalue weighted by Gasteiger charge is 2.18. The minimum Gasteiger partial charge on any atom is -0.462 e. The lowest BCUT2D eigenvalue weighted by atomic mass is 10.2. The van der Waals surface area contributed by atoms with Crippen molar-refractivity contribution in [3.8, 4) is 17.7 Å². The minimum atomic E-state index is -0.889. The number of nitrogens with zero attached hydrogens (tertiary/aromatic N) is 3. The molecule has 3 aromatic rings. The fourth-order valence-electron chi connectivity index (χ4n) is 2.41. The molecule has 28 heavy (non-hydrogen) atoms. The summed E-state index contributed by atoms with van der Waals surface area (Å²) in [6, 6.07) is 12.2. The monoisotopic (exact) mass is 379 g/mol. The molecule has 0 aliphatic carbocycles. The fourth-order valence-corrected chi connectivity index (χ4v) is 2.41. The van der Waals surface area contributed by atoms with Crippen LogP contribution in [0.4, 0.5) is 4.39 Å². The van der Waals surface area contributed by atoms with Crippen molar-refractivity contribution >= 4 is 17.7 Å². The smallest absolute Gasteiger partial charge is 0.348 e. The second-order valence-corrected chi connectivity index (χ2v) is 5.49. The van der Waals surface area contributed by atoms with E-state index in [0.29, 0.717) is 0 Å². The van der Waals surface area contributed by atoms with Gasteiger partial charge in [0.05, 0.1) is 6.61 Å². The van der Waals surface area contributed by atoms with E-state index in [0.717, 1.165) is 6.08 Å². The van der Waals surface area contributed by atoms with E-state index >= 15 is 0 Å². The molecule has 0 amide bonds. The van der Waals surface area contributed by atoms with Crippen molar-refractivity contribution in [1.29, 1.82) is 5.26 Å². The molecule has 0 fully saturated rings. The third kappa shape index (κ3) is 3.73. The summed E-state index contributed by atoms with van der Waals surface area (Å²) in [5, 5.41) is 9.26. The number of fused-ring (bicyclic) bond motifs is 1. The lowest BCUT2D eigenvalue weighted by Gasteiger charge is -2.10. The Morgan fingerprint density at radius 3 is 2.75 bits per heavy atom. The van der Waals surface area contributed by atoms with Crippen molar-refractivity contribution in [2.45, 2.75) is 6.92 Å². The Bertz CT molecular complexity index is 1180. The maximum Gasteiger partial charge on any atom is 0.348 e. The normalized spacial score (nSPS) is 11.1. The number of hydrogen-bond acceptors (Lipinski definition) is 6. The van der Waals surface area contributed by atoms with Crippen LogP contribution in [0.1, 0.15) is 12.5 Å². The lowest BCUT2D eigenvalue weighted by Crippen LogP contribution is -2.19. The third-order valence-electron chi connectivity index (χ3n) is 3.68. The zero-order valence-corrected chi connectivity index (χ0v) is 14.8. The molecule has 3 rings (SSSR count). The number of rotatable bonds is 5. The van der Waals surface area contributed by atoms with Gasteiger partial charge in [-0.2, -0.15) is 10.2 Å². The minimum absolute atomic E-state index is 0.0609. The average molecular weight is 379 g/mol. The topological polar surface area (TPSA) is 93.7 Å². The number of carbonyl (C=O) groups excluding carboxylic acids is 1. The van der Waals surface area contributed by atoms with Crippen LogP contribution in [0.3, 0.4) is 0 Å². The van der Waals surface area contributed by atoms with Gasteiger partial charge in [0.25, 0.3) is 5.56 Å². The first-order valence-electron chi connectivity index (χ1n) is 8.27. The quantitative estimate of drug-likeness (QED) is 0.384. The van der Waals surface area contributed by atoms with E-state index in [1.807, 2.05) is 0 Å². The summed E-state index contributed by atoms with van der Waals surface area (Å²) in [5.74, 6) is -1.94. The van der Waals surface area contributed by atoms with Gasteiger partial charge in [0.1, 0.15) is 22.9 Å². The molecular formula is C20H14FN3O4. The molecule has 2 heterocycles. The summed E-state index contributed by atoms with van der Waals surface area (Å²) in [7, 11) is 0. The maximum atomic E-state index is 14.0. The van der Waals surface area contributed by atoms with Gasteiger partial charge in [-0.25, -0.2) is 9.18 Å². The van der Waals surface area contributed by atoms with Gasteiger partial charge < -0.3 is 9.47 Å². The van der Waals surface area contributed by atoms with Crippen molar-refractivity contribution < 1.29 is 18.7 Å². The summed E-state index contributed by atoms with van der Waals surface area (Å²) in [4.78, 5) is 29.1. The zero-order chi connectivity index (χ0) is 20.1. The summed E-state index contributed by atoms with van der Waals surface area (Å²) in [6.07, 6.45) is 2.51. The van der Waals surface area contributed by atoms with Crippen molar-refractivity contribution in [3.05, 3.63) is 76.0 Å². The van der Waals surface area contributed by atoms with E-state index in [-0.39, 0.29) is 29.4 Å². The molecule has 7 nitrogen and oxygen atoms in total. The highest BCUT2D eigenvalue weighted by atomic mass is 19.1. The molecule has 0 saturated heterocycles.